The lowest BCUT2D eigenvalue weighted by Crippen LogP contribution is -2.26. The summed E-state index contributed by atoms with van der Waals surface area (Å²) in [6.07, 6.45) is 2.98. The number of benzene rings is 2. The number of carbonyl (C=O) groups is 1. The van der Waals surface area contributed by atoms with Gasteiger partial charge in [-0.1, -0.05) is 45.0 Å². The number of imidazole rings is 1. The van der Waals surface area contributed by atoms with Crippen molar-refractivity contribution < 1.29 is 13.9 Å². The molecule has 2 heterocycles. The van der Waals surface area contributed by atoms with E-state index < -0.39 is 0 Å². The highest BCUT2D eigenvalue weighted by Crippen LogP contribution is 2.24. The highest BCUT2D eigenvalue weighted by molar-refractivity contribution is 5.91. The maximum Gasteiger partial charge on any atom is 0.286 e. The number of amides is 1. The summed E-state index contributed by atoms with van der Waals surface area (Å²) in [7, 11) is 0. The molecule has 0 saturated carbocycles. The van der Waals surface area contributed by atoms with E-state index in [2.05, 4.69) is 48.9 Å². The second kappa shape index (κ2) is 9.94. The first-order chi connectivity index (χ1) is 15.9. The van der Waals surface area contributed by atoms with Crippen LogP contribution in [0.3, 0.4) is 0 Å². The van der Waals surface area contributed by atoms with Crippen LogP contribution < -0.4 is 10.1 Å². The summed E-state index contributed by atoms with van der Waals surface area (Å²) in [6, 6.07) is 19.8. The van der Waals surface area contributed by atoms with Gasteiger partial charge in [0.1, 0.15) is 11.6 Å². The van der Waals surface area contributed by atoms with E-state index in [4.69, 9.17) is 14.1 Å². The predicted molar refractivity (Wildman–Crippen MR) is 130 cm³/mol. The van der Waals surface area contributed by atoms with Gasteiger partial charge in [0.15, 0.2) is 5.76 Å². The van der Waals surface area contributed by atoms with E-state index in [1.165, 1.54) is 11.8 Å². The summed E-state index contributed by atoms with van der Waals surface area (Å²) in [5.41, 5.74) is 3.49. The van der Waals surface area contributed by atoms with E-state index in [9.17, 15) is 4.79 Å². The molecule has 0 unspecified atom stereocenters. The van der Waals surface area contributed by atoms with Gasteiger partial charge in [0, 0.05) is 19.5 Å². The molecule has 0 aliphatic heterocycles. The van der Waals surface area contributed by atoms with Crippen molar-refractivity contribution in [3.05, 3.63) is 84.1 Å². The minimum Gasteiger partial charge on any atom is -0.494 e. The predicted octanol–water partition coefficient (Wildman–Crippen LogP) is 5.37. The van der Waals surface area contributed by atoms with Crippen molar-refractivity contribution in [2.75, 3.05) is 13.2 Å². The fourth-order valence-corrected chi connectivity index (χ4v) is 3.81. The molecule has 0 radical (unpaired) electrons. The number of nitrogens with one attached hydrogen (secondary N) is 1. The number of para-hydroxylation sites is 2. The van der Waals surface area contributed by atoms with Gasteiger partial charge >= 0.3 is 0 Å². The molecule has 0 bridgehead atoms. The Morgan fingerprint density at radius 1 is 1.06 bits per heavy atom. The average Bonchev–Trinajstić information content (AvgIpc) is 3.45. The van der Waals surface area contributed by atoms with Crippen LogP contribution in [0.4, 0.5) is 0 Å². The molecule has 0 aliphatic rings. The molecule has 0 aliphatic carbocycles. The van der Waals surface area contributed by atoms with Crippen molar-refractivity contribution in [2.24, 2.45) is 0 Å². The lowest BCUT2D eigenvalue weighted by atomic mass is 9.87. The number of aryl methyl sites for hydroxylation is 1. The number of furan rings is 1. The van der Waals surface area contributed by atoms with Gasteiger partial charge in [-0.15, -0.1) is 0 Å². The molecule has 6 nitrogen and oxygen atoms in total. The van der Waals surface area contributed by atoms with Crippen molar-refractivity contribution in [3.8, 4) is 5.75 Å². The second-order valence-corrected chi connectivity index (χ2v) is 9.13. The number of aromatic nitrogens is 2. The molecule has 172 valence electrons. The number of fused-ring (bicyclic) bond motifs is 1. The van der Waals surface area contributed by atoms with Gasteiger partial charge in [0.05, 0.1) is 23.9 Å². The molecule has 4 rings (SSSR count). The molecule has 2 aromatic carbocycles. The van der Waals surface area contributed by atoms with E-state index in [0.717, 1.165) is 35.6 Å². The summed E-state index contributed by atoms with van der Waals surface area (Å²) in [4.78, 5) is 16.9. The molecule has 4 aromatic rings. The fraction of sp³-hybridized carbons (Fsp3) is 0.333. The standard InChI is InChI=1S/C27H31N3O3/c1-27(2,3)20-11-13-21(14-12-20)32-19-7-17-30-23-9-5-4-8-22(23)29-25(30)15-16-28-26(31)24-10-6-18-33-24/h4-6,8-14,18H,7,15-17,19H2,1-3H3,(H,28,31). The van der Waals surface area contributed by atoms with Crippen LogP contribution in [0.25, 0.3) is 11.0 Å². The monoisotopic (exact) mass is 445 g/mol. The Bertz CT molecular complexity index is 1190. The van der Waals surface area contributed by atoms with Gasteiger partial charge < -0.3 is 19.0 Å². The van der Waals surface area contributed by atoms with E-state index in [1.807, 2.05) is 30.3 Å². The van der Waals surface area contributed by atoms with Crippen molar-refractivity contribution >= 4 is 16.9 Å². The summed E-state index contributed by atoms with van der Waals surface area (Å²) in [6.45, 7) is 8.52. The summed E-state index contributed by atoms with van der Waals surface area (Å²) in [5, 5.41) is 2.90. The molecular weight excluding hydrogens is 414 g/mol. The third-order valence-corrected chi connectivity index (χ3v) is 5.63. The third-order valence-electron chi connectivity index (χ3n) is 5.63. The van der Waals surface area contributed by atoms with E-state index in [-0.39, 0.29) is 11.3 Å². The van der Waals surface area contributed by atoms with Crippen molar-refractivity contribution in [1.29, 1.82) is 0 Å². The zero-order chi connectivity index (χ0) is 23.3. The average molecular weight is 446 g/mol. The van der Waals surface area contributed by atoms with Crippen molar-refractivity contribution in [3.63, 3.8) is 0 Å². The third kappa shape index (κ3) is 5.64. The Kier molecular flexibility index (Phi) is 6.82. The summed E-state index contributed by atoms with van der Waals surface area (Å²) in [5.74, 6) is 1.94. The van der Waals surface area contributed by atoms with E-state index in [1.54, 1.807) is 12.1 Å². The number of rotatable bonds is 9. The minimum absolute atomic E-state index is 0.134. The molecule has 1 N–H and O–H groups in total. The lowest BCUT2D eigenvalue weighted by Gasteiger charge is -2.19. The lowest BCUT2D eigenvalue weighted by molar-refractivity contribution is 0.0926. The SMILES string of the molecule is CC(C)(C)c1ccc(OCCCn2c(CCNC(=O)c3ccco3)nc3ccccc32)cc1. The van der Waals surface area contributed by atoms with Crippen LogP contribution in [0.1, 0.15) is 49.1 Å². The molecule has 1 amide bonds. The van der Waals surface area contributed by atoms with Gasteiger partial charge in [-0.3, -0.25) is 4.79 Å². The zero-order valence-electron chi connectivity index (χ0n) is 19.5. The summed E-state index contributed by atoms with van der Waals surface area (Å²) >= 11 is 0. The Labute approximate surface area is 194 Å². The zero-order valence-corrected chi connectivity index (χ0v) is 19.5. The quantitative estimate of drug-likeness (QED) is 0.352. The van der Waals surface area contributed by atoms with E-state index >= 15 is 0 Å². The molecule has 0 saturated heterocycles. The molecule has 6 heteroatoms. The topological polar surface area (TPSA) is 69.3 Å². The van der Waals surface area contributed by atoms with Gasteiger partial charge in [-0.05, 0) is 53.8 Å². The number of ether oxygens (including phenoxy) is 1. The van der Waals surface area contributed by atoms with Crippen LogP contribution in [-0.4, -0.2) is 28.6 Å². The second-order valence-electron chi connectivity index (χ2n) is 9.13. The molecule has 0 atom stereocenters. The number of nitrogens with zero attached hydrogens (tertiary/aromatic N) is 2. The number of hydrogen-bond acceptors (Lipinski definition) is 4. The summed E-state index contributed by atoms with van der Waals surface area (Å²) < 4.78 is 13.3. The van der Waals surface area contributed by atoms with Crippen LogP contribution in [-0.2, 0) is 18.4 Å². The fourth-order valence-electron chi connectivity index (χ4n) is 3.81. The Hall–Kier alpha value is -3.54. The molecule has 33 heavy (non-hydrogen) atoms. The van der Waals surface area contributed by atoms with Crippen LogP contribution in [0.5, 0.6) is 5.75 Å². The first-order valence-corrected chi connectivity index (χ1v) is 11.4. The van der Waals surface area contributed by atoms with Gasteiger partial charge in [-0.2, -0.15) is 0 Å². The van der Waals surface area contributed by atoms with Crippen LogP contribution in [0, 0.1) is 0 Å². The van der Waals surface area contributed by atoms with Crippen LogP contribution in [0.2, 0.25) is 0 Å². The number of hydrogen-bond donors (Lipinski definition) is 1. The van der Waals surface area contributed by atoms with Crippen molar-refractivity contribution in [2.45, 2.75) is 45.6 Å². The van der Waals surface area contributed by atoms with Gasteiger partial charge in [0.25, 0.3) is 5.91 Å². The van der Waals surface area contributed by atoms with Gasteiger partial charge in [-0.25, -0.2) is 4.98 Å². The first-order valence-electron chi connectivity index (χ1n) is 11.4. The highest BCUT2D eigenvalue weighted by Gasteiger charge is 2.14. The highest BCUT2D eigenvalue weighted by atomic mass is 16.5. The van der Waals surface area contributed by atoms with Gasteiger partial charge in [0.2, 0.25) is 0 Å². The maximum absolute atomic E-state index is 12.1. The Balaban J connectivity index is 1.35. The Morgan fingerprint density at radius 3 is 2.58 bits per heavy atom. The largest absolute Gasteiger partial charge is 0.494 e. The normalized spacial score (nSPS) is 11.6. The minimum atomic E-state index is -0.214. The Morgan fingerprint density at radius 2 is 1.85 bits per heavy atom. The van der Waals surface area contributed by atoms with Crippen molar-refractivity contribution in [1.82, 2.24) is 14.9 Å². The van der Waals surface area contributed by atoms with Crippen LogP contribution >= 0.6 is 0 Å². The maximum atomic E-state index is 12.1. The smallest absolute Gasteiger partial charge is 0.286 e. The van der Waals surface area contributed by atoms with E-state index in [0.29, 0.717) is 25.3 Å². The molecular formula is C27H31N3O3. The molecule has 0 fully saturated rings. The first kappa shape index (κ1) is 22.6. The molecule has 2 aromatic heterocycles. The van der Waals surface area contributed by atoms with Crippen LogP contribution in [0.15, 0.2) is 71.3 Å². The number of carbonyl (C=O) groups excluding carboxylic acids is 1. The molecule has 0 spiro atoms.